The zero-order valence-corrected chi connectivity index (χ0v) is 11.8. The number of allylic oxidation sites excluding steroid dienone is 2. The maximum atomic E-state index is 11.8. The van der Waals surface area contributed by atoms with Crippen LogP contribution in [0.5, 0.6) is 0 Å². The van der Waals surface area contributed by atoms with Crippen molar-refractivity contribution in [2.24, 2.45) is 16.7 Å². The lowest BCUT2D eigenvalue weighted by Crippen LogP contribution is -2.52. The summed E-state index contributed by atoms with van der Waals surface area (Å²) in [5, 5.41) is 20.7. The van der Waals surface area contributed by atoms with Crippen molar-refractivity contribution in [2.75, 3.05) is 0 Å². The lowest BCUT2D eigenvalue weighted by atomic mass is 9.51. The van der Waals surface area contributed by atoms with Crippen molar-refractivity contribution in [1.82, 2.24) is 0 Å². The normalized spacial score (nSPS) is 49.3. The fourth-order valence-corrected chi connectivity index (χ4v) is 4.48. The molecule has 0 aromatic heterocycles. The second-order valence-electron chi connectivity index (χ2n) is 7.01. The van der Waals surface area contributed by atoms with E-state index in [1.807, 2.05) is 13.0 Å². The van der Waals surface area contributed by atoms with Gasteiger partial charge in [-0.15, -0.1) is 0 Å². The number of aliphatic hydroxyl groups is 2. The molecule has 3 nitrogen and oxygen atoms in total. The molecule has 1 saturated carbocycles. The third-order valence-corrected chi connectivity index (χ3v) is 5.78. The van der Waals surface area contributed by atoms with Gasteiger partial charge in [-0.2, -0.15) is 0 Å². The van der Waals surface area contributed by atoms with Crippen molar-refractivity contribution in [3.63, 3.8) is 0 Å². The number of aliphatic hydroxyl groups excluding tert-OH is 2. The van der Waals surface area contributed by atoms with Gasteiger partial charge in [-0.05, 0) is 37.2 Å². The second kappa shape index (κ2) is 3.80. The van der Waals surface area contributed by atoms with E-state index in [-0.39, 0.29) is 22.5 Å². The summed E-state index contributed by atoms with van der Waals surface area (Å²) in [7, 11) is 0. The van der Waals surface area contributed by atoms with Gasteiger partial charge in [0.15, 0.2) is 5.78 Å². The van der Waals surface area contributed by atoms with Crippen molar-refractivity contribution >= 4 is 5.78 Å². The first-order valence-corrected chi connectivity index (χ1v) is 7.07. The van der Waals surface area contributed by atoms with Gasteiger partial charge in [0.05, 0.1) is 12.2 Å². The van der Waals surface area contributed by atoms with Crippen molar-refractivity contribution < 1.29 is 15.0 Å². The molecule has 0 spiro atoms. The van der Waals surface area contributed by atoms with Gasteiger partial charge in [-0.25, -0.2) is 0 Å². The van der Waals surface area contributed by atoms with E-state index in [2.05, 4.69) is 13.8 Å². The minimum atomic E-state index is -0.468. The van der Waals surface area contributed by atoms with Crippen LogP contribution in [-0.4, -0.2) is 28.2 Å². The van der Waals surface area contributed by atoms with E-state index in [0.29, 0.717) is 19.3 Å². The lowest BCUT2D eigenvalue weighted by molar-refractivity contribution is -0.116. The van der Waals surface area contributed by atoms with Crippen LogP contribution >= 0.6 is 0 Å². The van der Waals surface area contributed by atoms with E-state index in [1.54, 1.807) is 6.08 Å². The maximum Gasteiger partial charge on any atom is 0.156 e. The fourth-order valence-electron chi connectivity index (χ4n) is 4.48. The van der Waals surface area contributed by atoms with E-state index in [4.69, 9.17) is 0 Å². The summed E-state index contributed by atoms with van der Waals surface area (Å²) in [6.07, 6.45) is 4.47. The standard InChI is InChI=1S/C16H22O3/c1-9-4-10(17)5-13-12-6-11(18)7-15(12,2)8-14(19)16(9,13)3/h4,6,10,13-14,17,19H,5,7-8H2,1-3H3/t10-,13?,14+,15+,16-/m0/s1. The third-order valence-electron chi connectivity index (χ3n) is 5.78. The Morgan fingerprint density at radius 1 is 1.32 bits per heavy atom. The average molecular weight is 262 g/mol. The van der Waals surface area contributed by atoms with Gasteiger partial charge in [-0.1, -0.05) is 31.1 Å². The first kappa shape index (κ1) is 13.1. The second-order valence-corrected chi connectivity index (χ2v) is 7.01. The Morgan fingerprint density at radius 3 is 2.68 bits per heavy atom. The first-order chi connectivity index (χ1) is 8.77. The lowest BCUT2D eigenvalue weighted by Gasteiger charge is -2.55. The van der Waals surface area contributed by atoms with Crippen LogP contribution in [0.4, 0.5) is 0 Å². The van der Waals surface area contributed by atoms with Crippen LogP contribution < -0.4 is 0 Å². The summed E-state index contributed by atoms with van der Waals surface area (Å²) >= 11 is 0. The summed E-state index contributed by atoms with van der Waals surface area (Å²) in [5.41, 5.74) is 1.65. The van der Waals surface area contributed by atoms with E-state index in [1.165, 1.54) is 0 Å². The van der Waals surface area contributed by atoms with E-state index in [0.717, 1.165) is 11.1 Å². The molecule has 0 aromatic rings. The van der Waals surface area contributed by atoms with Gasteiger partial charge < -0.3 is 10.2 Å². The van der Waals surface area contributed by atoms with E-state index >= 15 is 0 Å². The summed E-state index contributed by atoms with van der Waals surface area (Å²) in [6.45, 7) is 6.13. The Labute approximate surface area is 114 Å². The molecule has 104 valence electrons. The van der Waals surface area contributed by atoms with Crippen molar-refractivity contribution in [1.29, 1.82) is 0 Å². The fraction of sp³-hybridized carbons (Fsp3) is 0.688. The molecule has 19 heavy (non-hydrogen) atoms. The number of rotatable bonds is 0. The predicted molar refractivity (Wildman–Crippen MR) is 72.4 cm³/mol. The smallest absolute Gasteiger partial charge is 0.156 e. The number of carbonyl (C=O) groups is 1. The highest BCUT2D eigenvalue weighted by atomic mass is 16.3. The summed E-state index contributed by atoms with van der Waals surface area (Å²) in [5.74, 6) is 0.239. The zero-order chi connectivity index (χ0) is 14.0. The molecule has 0 radical (unpaired) electrons. The first-order valence-electron chi connectivity index (χ1n) is 7.07. The highest BCUT2D eigenvalue weighted by Crippen LogP contribution is 2.61. The molecular weight excluding hydrogens is 240 g/mol. The minimum absolute atomic E-state index is 0.0766. The Hall–Kier alpha value is -0.930. The molecule has 3 heteroatoms. The van der Waals surface area contributed by atoms with Crippen LogP contribution in [0.15, 0.2) is 23.3 Å². The summed E-state index contributed by atoms with van der Waals surface area (Å²) in [6, 6.07) is 0. The Bertz CT molecular complexity index is 504. The van der Waals surface area contributed by atoms with Gasteiger partial charge in [0.25, 0.3) is 0 Å². The monoisotopic (exact) mass is 262 g/mol. The number of ketones is 1. The molecular formula is C16H22O3. The molecule has 0 bridgehead atoms. The number of fused-ring (bicyclic) bond motifs is 3. The summed E-state index contributed by atoms with van der Waals surface area (Å²) in [4.78, 5) is 11.8. The molecule has 0 heterocycles. The van der Waals surface area contributed by atoms with Gasteiger partial charge in [0, 0.05) is 11.8 Å². The van der Waals surface area contributed by atoms with Crippen LogP contribution in [-0.2, 0) is 4.79 Å². The predicted octanol–water partition coefficient (Wildman–Crippen LogP) is 1.99. The molecule has 5 atom stereocenters. The average Bonchev–Trinajstić information content (AvgIpc) is 2.57. The van der Waals surface area contributed by atoms with E-state index < -0.39 is 12.2 Å². The SMILES string of the molecule is CC1=C[C@H](O)CC2C3=CC(=O)C[C@]3(C)C[C@@H](O)[C@@]12C. The van der Waals surface area contributed by atoms with E-state index in [9.17, 15) is 15.0 Å². The van der Waals surface area contributed by atoms with Gasteiger partial charge >= 0.3 is 0 Å². The van der Waals surface area contributed by atoms with Gasteiger partial charge in [-0.3, -0.25) is 4.79 Å². The Kier molecular flexibility index (Phi) is 2.61. The summed E-state index contributed by atoms with van der Waals surface area (Å²) < 4.78 is 0. The molecule has 0 aliphatic heterocycles. The molecule has 1 fully saturated rings. The van der Waals surface area contributed by atoms with Crippen molar-refractivity contribution in [3.05, 3.63) is 23.3 Å². The Balaban J connectivity index is 2.14. The number of hydrogen-bond donors (Lipinski definition) is 2. The molecule has 0 aromatic carbocycles. The third kappa shape index (κ3) is 1.61. The molecule has 1 unspecified atom stereocenters. The maximum absolute atomic E-state index is 11.8. The topological polar surface area (TPSA) is 57.5 Å². The molecule has 0 amide bonds. The quantitative estimate of drug-likeness (QED) is 0.656. The van der Waals surface area contributed by atoms with Crippen LogP contribution in [0.3, 0.4) is 0 Å². The highest BCUT2D eigenvalue weighted by molar-refractivity contribution is 5.94. The van der Waals surface area contributed by atoms with Crippen molar-refractivity contribution in [3.8, 4) is 0 Å². The van der Waals surface area contributed by atoms with Crippen LogP contribution in [0.1, 0.15) is 40.0 Å². The number of hydrogen-bond acceptors (Lipinski definition) is 3. The molecule has 3 rings (SSSR count). The highest BCUT2D eigenvalue weighted by Gasteiger charge is 2.57. The molecule has 3 aliphatic rings. The van der Waals surface area contributed by atoms with Crippen LogP contribution in [0, 0.1) is 16.7 Å². The number of carbonyl (C=O) groups excluding carboxylic acids is 1. The Morgan fingerprint density at radius 2 is 2.00 bits per heavy atom. The van der Waals surface area contributed by atoms with Crippen LogP contribution in [0.25, 0.3) is 0 Å². The minimum Gasteiger partial charge on any atom is -0.392 e. The zero-order valence-electron chi connectivity index (χ0n) is 11.8. The molecule has 3 aliphatic carbocycles. The molecule has 0 saturated heterocycles. The van der Waals surface area contributed by atoms with Crippen LogP contribution in [0.2, 0.25) is 0 Å². The van der Waals surface area contributed by atoms with Crippen molar-refractivity contribution in [2.45, 2.75) is 52.2 Å². The van der Waals surface area contributed by atoms with Gasteiger partial charge in [0.1, 0.15) is 0 Å². The van der Waals surface area contributed by atoms with Gasteiger partial charge in [0.2, 0.25) is 0 Å². The largest absolute Gasteiger partial charge is 0.392 e. The molecule has 2 N–H and O–H groups in total.